The van der Waals surface area contributed by atoms with E-state index in [2.05, 4.69) is 5.32 Å². The van der Waals surface area contributed by atoms with Crippen LogP contribution in [0.15, 0.2) is 41.3 Å². The maximum absolute atomic E-state index is 13.6. The van der Waals surface area contributed by atoms with Gasteiger partial charge in [0, 0.05) is 24.7 Å². The summed E-state index contributed by atoms with van der Waals surface area (Å²) in [4.78, 5) is 12.2. The first-order chi connectivity index (χ1) is 13.7. The van der Waals surface area contributed by atoms with Crippen molar-refractivity contribution in [3.8, 4) is 5.75 Å². The number of amides is 1. The summed E-state index contributed by atoms with van der Waals surface area (Å²) in [6.07, 6.45) is 0.579. The summed E-state index contributed by atoms with van der Waals surface area (Å²) < 4.78 is 58.8. The van der Waals surface area contributed by atoms with E-state index >= 15 is 0 Å². The Morgan fingerprint density at radius 1 is 1.17 bits per heavy atom. The summed E-state index contributed by atoms with van der Waals surface area (Å²) >= 11 is 5.71. The Kier molecular flexibility index (Phi) is 6.40. The Hall–Kier alpha value is -2.23. The topological polar surface area (TPSA) is 75.7 Å². The van der Waals surface area contributed by atoms with Crippen LogP contribution < -0.4 is 10.1 Å². The maximum atomic E-state index is 13.6. The fraction of sp³-hybridized carbons (Fsp3) is 0.316. The molecule has 3 rings (SSSR count). The molecule has 0 aliphatic carbocycles. The standard InChI is InChI=1S/C19H19ClF2N2O4S/c1-28-17-5-2-13(21)10-18(17)29(26,27)24-8-6-12(7-9-24)19(25)23-14-3-4-16(22)15(20)11-14/h2-5,10-12H,6-9H2,1H3,(H,23,25). The highest BCUT2D eigenvalue weighted by Crippen LogP contribution is 2.31. The molecule has 156 valence electrons. The number of benzene rings is 2. The molecule has 0 bridgehead atoms. The molecule has 29 heavy (non-hydrogen) atoms. The Labute approximate surface area is 172 Å². The zero-order valence-corrected chi connectivity index (χ0v) is 17.1. The fourth-order valence-corrected chi connectivity index (χ4v) is 4.99. The SMILES string of the molecule is COc1ccc(F)cc1S(=O)(=O)N1CCC(C(=O)Nc2ccc(F)c(Cl)c2)CC1. The van der Waals surface area contributed by atoms with Crippen LogP contribution in [-0.2, 0) is 14.8 Å². The van der Waals surface area contributed by atoms with Gasteiger partial charge in [0.05, 0.1) is 12.1 Å². The number of hydrogen-bond donors (Lipinski definition) is 1. The minimum absolute atomic E-state index is 0.0551. The molecular weight excluding hydrogens is 426 g/mol. The highest BCUT2D eigenvalue weighted by Gasteiger charge is 2.34. The molecule has 1 aliphatic heterocycles. The molecule has 1 aliphatic rings. The van der Waals surface area contributed by atoms with E-state index in [9.17, 15) is 22.0 Å². The van der Waals surface area contributed by atoms with Gasteiger partial charge in [0.2, 0.25) is 15.9 Å². The van der Waals surface area contributed by atoms with Crippen molar-refractivity contribution in [1.29, 1.82) is 0 Å². The Bertz CT molecular complexity index is 1020. The number of piperidine rings is 1. The predicted molar refractivity (Wildman–Crippen MR) is 104 cm³/mol. The highest BCUT2D eigenvalue weighted by molar-refractivity contribution is 7.89. The van der Waals surface area contributed by atoms with Crippen molar-refractivity contribution >= 4 is 33.2 Å². The van der Waals surface area contributed by atoms with Crippen molar-refractivity contribution < 1.29 is 26.7 Å². The summed E-state index contributed by atoms with van der Waals surface area (Å²) in [5, 5.41) is 2.56. The monoisotopic (exact) mass is 444 g/mol. The molecular formula is C19H19ClF2N2O4S. The number of ether oxygens (including phenoxy) is 1. The second kappa shape index (κ2) is 8.64. The third kappa shape index (κ3) is 4.68. The Balaban J connectivity index is 1.67. The van der Waals surface area contributed by atoms with Gasteiger partial charge in [0.25, 0.3) is 0 Å². The lowest BCUT2D eigenvalue weighted by atomic mass is 9.97. The van der Waals surface area contributed by atoms with E-state index in [0.717, 1.165) is 18.2 Å². The van der Waals surface area contributed by atoms with Gasteiger partial charge < -0.3 is 10.1 Å². The second-order valence-electron chi connectivity index (χ2n) is 6.59. The van der Waals surface area contributed by atoms with Gasteiger partial charge in [-0.25, -0.2) is 17.2 Å². The van der Waals surface area contributed by atoms with Crippen LogP contribution >= 0.6 is 11.6 Å². The van der Waals surface area contributed by atoms with Crippen LogP contribution in [0.1, 0.15) is 12.8 Å². The average Bonchev–Trinajstić information content (AvgIpc) is 2.70. The van der Waals surface area contributed by atoms with E-state index in [1.807, 2.05) is 0 Å². The van der Waals surface area contributed by atoms with Gasteiger partial charge in [-0.05, 0) is 49.2 Å². The van der Waals surface area contributed by atoms with Gasteiger partial charge in [0.1, 0.15) is 22.3 Å². The molecule has 0 radical (unpaired) electrons. The number of nitrogens with zero attached hydrogens (tertiary/aromatic N) is 1. The van der Waals surface area contributed by atoms with Crippen molar-refractivity contribution in [2.75, 3.05) is 25.5 Å². The third-order valence-electron chi connectivity index (χ3n) is 4.76. The van der Waals surface area contributed by atoms with Crippen LogP contribution in [0.4, 0.5) is 14.5 Å². The largest absolute Gasteiger partial charge is 0.495 e. The lowest BCUT2D eigenvalue weighted by molar-refractivity contribution is -0.120. The zero-order chi connectivity index (χ0) is 21.2. The molecule has 1 fully saturated rings. The van der Waals surface area contributed by atoms with Crippen molar-refractivity contribution in [1.82, 2.24) is 4.31 Å². The maximum Gasteiger partial charge on any atom is 0.246 e. The number of sulfonamides is 1. The van der Waals surface area contributed by atoms with E-state index in [0.29, 0.717) is 5.69 Å². The third-order valence-corrected chi connectivity index (χ3v) is 6.96. The van der Waals surface area contributed by atoms with Crippen LogP contribution in [-0.4, -0.2) is 38.8 Å². The lowest BCUT2D eigenvalue weighted by Gasteiger charge is -2.30. The van der Waals surface area contributed by atoms with Gasteiger partial charge in [0.15, 0.2) is 0 Å². The summed E-state index contributed by atoms with van der Waals surface area (Å²) in [6, 6.07) is 7.16. The molecule has 1 saturated heterocycles. The molecule has 2 aromatic carbocycles. The minimum Gasteiger partial charge on any atom is -0.495 e. The van der Waals surface area contributed by atoms with E-state index in [4.69, 9.17) is 16.3 Å². The number of carbonyl (C=O) groups is 1. The minimum atomic E-state index is -3.97. The highest BCUT2D eigenvalue weighted by atomic mass is 35.5. The smallest absolute Gasteiger partial charge is 0.246 e. The van der Waals surface area contributed by atoms with Crippen molar-refractivity contribution in [2.45, 2.75) is 17.7 Å². The molecule has 0 spiro atoms. The Morgan fingerprint density at radius 2 is 1.86 bits per heavy atom. The number of carbonyl (C=O) groups excluding carboxylic acids is 1. The first-order valence-electron chi connectivity index (χ1n) is 8.82. The molecule has 0 aromatic heterocycles. The summed E-state index contributed by atoms with van der Waals surface area (Å²) in [6.45, 7) is 0.203. The number of anilines is 1. The van der Waals surface area contributed by atoms with Gasteiger partial charge >= 0.3 is 0 Å². The Morgan fingerprint density at radius 3 is 2.48 bits per heavy atom. The van der Waals surface area contributed by atoms with Crippen LogP contribution in [0.2, 0.25) is 5.02 Å². The number of methoxy groups -OCH3 is 1. The first-order valence-corrected chi connectivity index (χ1v) is 10.6. The summed E-state index contributed by atoms with van der Waals surface area (Å²) in [5.74, 6) is -1.93. The number of hydrogen-bond acceptors (Lipinski definition) is 4. The molecule has 1 N–H and O–H groups in total. The molecule has 1 amide bonds. The van der Waals surface area contributed by atoms with E-state index in [1.165, 1.54) is 29.6 Å². The number of rotatable bonds is 5. The van der Waals surface area contributed by atoms with E-state index < -0.39 is 27.6 Å². The number of nitrogens with one attached hydrogen (secondary N) is 1. The van der Waals surface area contributed by atoms with Gasteiger partial charge in [-0.15, -0.1) is 0 Å². The molecule has 6 nitrogen and oxygen atoms in total. The zero-order valence-electron chi connectivity index (χ0n) is 15.5. The van der Waals surface area contributed by atoms with Gasteiger partial charge in [-0.3, -0.25) is 4.79 Å². The summed E-state index contributed by atoms with van der Waals surface area (Å²) in [7, 11) is -2.66. The lowest BCUT2D eigenvalue weighted by Crippen LogP contribution is -2.41. The normalized spacial score (nSPS) is 15.9. The van der Waals surface area contributed by atoms with Crippen LogP contribution in [0.25, 0.3) is 0 Å². The molecule has 2 aromatic rings. The predicted octanol–water partition coefficient (Wildman–Crippen LogP) is 3.67. The van der Waals surface area contributed by atoms with Crippen LogP contribution in [0.3, 0.4) is 0 Å². The number of halogens is 3. The molecule has 0 atom stereocenters. The van der Waals surface area contributed by atoms with Gasteiger partial charge in [-0.2, -0.15) is 4.31 Å². The van der Waals surface area contributed by atoms with Crippen LogP contribution in [0.5, 0.6) is 5.75 Å². The van der Waals surface area contributed by atoms with Crippen LogP contribution in [0, 0.1) is 17.6 Å². The average molecular weight is 445 g/mol. The molecule has 10 heteroatoms. The summed E-state index contributed by atoms with van der Waals surface area (Å²) in [5.41, 5.74) is 0.362. The van der Waals surface area contributed by atoms with Crippen molar-refractivity contribution in [3.05, 3.63) is 53.1 Å². The first kappa shape index (κ1) is 21.5. The fourth-order valence-electron chi connectivity index (χ4n) is 3.17. The second-order valence-corrected chi connectivity index (χ2v) is 8.91. The molecule has 1 heterocycles. The van der Waals surface area contributed by atoms with Crippen molar-refractivity contribution in [3.63, 3.8) is 0 Å². The van der Waals surface area contributed by atoms with Gasteiger partial charge in [-0.1, -0.05) is 11.6 Å². The van der Waals surface area contributed by atoms with E-state index in [1.54, 1.807) is 0 Å². The quantitative estimate of drug-likeness (QED) is 0.763. The van der Waals surface area contributed by atoms with E-state index in [-0.39, 0.29) is 47.5 Å². The molecule has 0 saturated carbocycles. The molecule has 0 unspecified atom stereocenters. The van der Waals surface area contributed by atoms with Crippen molar-refractivity contribution in [2.24, 2.45) is 5.92 Å².